The second kappa shape index (κ2) is 10.3. The molecule has 1 aliphatic heterocycles. The molecule has 6 nitrogen and oxygen atoms in total. The Hall–Kier alpha value is -2.71. The van der Waals surface area contributed by atoms with Crippen molar-refractivity contribution in [1.82, 2.24) is 9.80 Å². The van der Waals surface area contributed by atoms with Gasteiger partial charge in [0.1, 0.15) is 17.3 Å². The summed E-state index contributed by atoms with van der Waals surface area (Å²) in [5.74, 6) is -2.70. The maximum atomic E-state index is 13.6. The number of phenols is 1. The van der Waals surface area contributed by atoms with E-state index in [9.17, 15) is 24.2 Å². The molecule has 0 aromatic heterocycles. The number of likely N-dealkylation sites (tertiary alicyclic amines) is 1. The third kappa shape index (κ3) is 4.86. The van der Waals surface area contributed by atoms with Crippen molar-refractivity contribution < 1.29 is 24.2 Å². The minimum absolute atomic E-state index is 0.0348. The first-order valence-corrected chi connectivity index (χ1v) is 11.3. The minimum Gasteiger partial charge on any atom is -0.507 e. The predicted octanol–water partition coefficient (Wildman–Crippen LogP) is 4.45. The van der Waals surface area contributed by atoms with E-state index in [1.807, 2.05) is 0 Å². The number of Topliss-reactive ketones (excluding diaryl/α,β-unsaturated/α-hetero) is 1. The number of halogens is 2. The van der Waals surface area contributed by atoms with Crippen molar-refractivity contribution in [2.45, 2.75) is 26.3 Å². The van der Waals surface area contributed by atoms with Crippen LogP contribution in [-0.2, 0) is 9.59 Å². The van der Waals surface area contributed by atoms with E-state index >= 15 is 0 Å². The fourth-order valence-corrected chi connectivity index (χ4v) is 4.31. The standard InChI is InChI=1S/C24H26BrFN2O4/c1-3-27(4-2)12-5-13-28-21(15-6-9-17(26)10-7-15)20(23(31)24(28)32)22(30)18-14-16(25)8-11-19(18)29/h6-11,14,21,29-30H,3-5,12-13H2,1-2H3/t21-/m1/s1. The monoisotopic (exact) mass is 504 g/mol. The van der Waals surface area contributed by atoms with Crippen LogP contribution in [0.25, 0.3) is 5.76 Å². The highest BCUT2D eigenvalue weighted by atomic mass is 79.9. The number of hydrogen-bond acceptors (Lipinski definition) is 5. The summed E-state index contributed by atoms with van der Waals surface area (Å²) in [5.41, 5.74) is 0.412. The van der Waals surface area contributed by atoms with Crippen LogP contribution in [0.3, 0.4) is 0 Å². The zero-order chi connectivity index (χ0) is 23.4. The Bertz CT molecular complexity index is 1030. The summed E-state index contributed by atoms with van der Waals surface area (Å²) in [6, 6.07) is 9.06. The molecule has 8 heteroatoms. The number of aliphatic hydroxyl groups excluding tert-OH is 1. The van der Waals surface area contributed by atoms with Crippen molar-refractivity contribution in [3.63, 3.8) is 0 Å². The number of phenolic OH excluding ortho intramolecular Hbond substituents is 1. The first kappa shape index (κ1) is 23.9. The molecule has 1 aliphatic rings. The Kier molecular flexibility index (Phi) is 7.69. The molecule has 1 amide bonds. The van der Waals surface area contributed by atoms with E-state index in [1.54, 1.807) is 6.07 Å². The third-order valence-electron chi connectivity index (χ3n) is 5.71. The molecule has 0 spiro atoms. The molecule has 1 fully saturated rings. The van der Waals surface area contributed by atoms with Gasteiger partial charge in [0.2, 0.25) is 0 Å². The number of benzene rings is 2. The van der Waals surface area contributed by atoms with Crippen LogP contribution in [0.2, 0.25) is 0 Å². The normalized spacial score (nSPS) is 18.0. The zero-order valence-electron chi connectivity index (χ0n) is 18.0. The summed E-state index contributed by atoms with van der Waals surface area (Å²) in [5, 5.41) is 21.3. The largest absolute Gasteiger partial charge is 0.507 e. The van der Waals surface area contributed by atoms with Gasteiger partial charge in [-0.1, -0.05) is 41.9 Å². The summed E-state index contributed by atoms with van der Waals surface area (Å²) < 4.78 is 14.1. The zero-order valence-corrected chi connectivity index (χ0v) is 19.6. The van der Waals surface area contributed by atoms with Gasteiger partial charge in [0.15, 0.2) is 0 Å². The molecule has 0 unspecified atom stereocenters. The van der Waals surface area contributed by atoms with E-state index in [1.165, 1.54) is 41.3 Å². The maximum absolute atomic E-state index is 13.6. The smallest absolute Gasteiger partial charge is 0.295 e. The first-order chi connectivity index (χ1) is 15.3. The number of amides is 1. The summed E-state index contributed by atoms with van der Waals surface area (Å²) >= 11 is 3.29. The van der Waals surface area contributed by atoms with Gasteiger partial charge in [-0.2, -0.15) is 0 Å². The molecule has 32 heavy (non-hydrogen) atoms. The number of aromatic hydroxyl groups is 1. The van der Waals surface area contributed by atoms with Crippen LogP contribution >= 0.6 is 15.9 Å². The molecule has 1 heterocycles. The Morgan fingerprint density at radius 2 is 1.78 bits per heavy atom. The van der Waals surface area contributed by atoms with Crippen molar-refractivity contribution >= 4 is 33.4 Å². The van der Waals surface area contributed by atoms with Crippen LogP contribution in [0, 0.1) is 5.82 Å². The van der Waals surface area contributed by atoms with Crippen molar-refractivity contribution in [1.29, 1.82) is 0 Å². The highest BCUT2D eigenvalue weighted by molar-refractivity contribution is 9.10. The number of nitrogens with zero attached hydrogens (tertiary/aromatic N) is 2. The number of carbonyl (C=O) groups excluding carboxylic acids is 2. The van der Waals surface area contributed by atoms with Gasteiger partial charge >= 0.3 is 0 Å². The second-order valence-corrected chi connectivity index (χ2v) is 8.50. The van der Waals surface area contributed by atoms with Crippen LogP contribution in [0.4, 0.5) is 4.39 Å². The van der Waals surface area contributed by atoms with E-state index in [-0.39, 0.29) is 16.9 Å². The van der Waals surface area contributed by atoms with Gasteiger partial charge in [0.25, 0.3) is 11.7 Å². The molecule has 0 bridgehead atoms. The summed E-state index contributed by atoms with van der Waals surface area (Å²) in [4.78, 5) is 29.6. The highest BCUT2D eigenvalue weighted by Crippen LogP contribution is 2.41. The third-order valence-corrected chi connectivity index (χ3v) is 6.20. The molecule has 1 atom stereocenters. The lowest BCUT2D eigenvalue weighted by Crippen LogP contribution is -2.33. The lowest BCUT2D eigenvalue weighted by molar-refractivity contribution is -0.140. The molecular formula is C24H26BrFN2O4. The predicted molar refractivity (Wildman–Crippen MR) is 124 cm³/mol. The van der Waals surface area contributed by atoms with Crippen molar-refractivity contribution in [2.24, 2.45) is 0 Å². The Balaban J connectivity index is 2.06. The number of aliphatic hydroxyl groups is 1. The molecule has 0 aliphatic carbocycles. The quantitative estimate of drug-likeness (QED) is 0.315. The Morgan fingerprint density at radius 1 is 1.12 bits per heavy atom. The van der Waals surface area contributed by atoms with E-state index in [0.717, 1.165) is 19.6 Å². The Morgan fingerprint density at radius 3 is 2.41 bits per heavy atom. The molecule has 3 rings (SSSR count). The lowest BCUT2D eigenvalue weighted by atomic mass is 9.95. The van der Waals surface area contributed by atoms with Crippen LogP contribution in [-0.4, -0.2) is 57.9 Å². The second-order valence-electron chi connectivity index (χ2n) is 7.59. The van der Waals surface area contributed by atoms with Gasteiger partial charge < -0.3 is 20.0 Å². The van der Waals surface area contributed by atoms with Crippen LogP contribution < -0.4 is 0 Å². The van der Waals surface area contributed by atoms with Crippen molar-refractivity contribution in [3.05, 3.63) is 69.5 Å². The molecule has 2 aromatic rings. The molecule has 0 saturated carbocycles. The molecular weight excluding hydrogens is 479 g/mol. The lowest BCUT2D eigenvalue weighted by Gasteiger charge is -2.26. The fourth-order valence-electron chi connectivity index (χ4n) is 3.95. The molecule has 2 aromatic carbocycles. The number of rotatable bonds is 8. The summed E-state index contributed by atoms with van der Waals surface area (Å²) in [7, 11) is 0. The Labute approximate surface area is 195 Å². The van der Waals surface area contributed by atoms with Gasteiger partial charge in [-0.05, 0) is 62.0 Å². The average Bonchev–Trinajstić information content (AvgIpc) is 3.03. The van der Waals surface area contributed by atoms with Crippen molar-refractivity contribution in [3.8, 4) is 5.75 Å². The molecule has 170 valence electrons. The number of hydrogen-bond donors (Lipinski definition) is 2. The maximum Gasteiger partial charge on any atom is 0.295 e. The van der Waals surface area contributed by atoms with Gasteiger partial charge in [-0.15, -0.1) is 0 Å². The van der Waals surface area contributed by atoms with Crippen LogP contribution in [0.15, 0.2) is 52.5 Å². The van der Waals surface area contributed by atoms with Gasteiger partial charge in [-0.3, -0.25) is 9.59 Å². The number of ketones is 1. The molecule has 0 radical (unpaired) electrons. The number of carbonyl (C=O) groups is 2. The minimum atomic E-state index is -0.884. The fraction of sp³-hybridized carbons (Fsp3) is 0.333. The van der Waals surface area contributed by atoms with Crippen LogP contribution in [0.1, 0.15) is 37.4 Å². The summed E-state index contributed by atoms with van der Waals surface area (Å²) in [6.45, 7) is 6.90. The first-order valence-electron chi connectivity index (χ1n) is 10.5. The van der Waals surface area contributed by atoms with E-state index in [2.05, 4.69) is 34.7 Å². The summed E-state index contributed by atoms with van der Waals surface area (Å²) in [6.07, 6.45) is 0.634. The van der Waals surface area contributed by atoms with Crippen molar-refractivity contribution in [2.75, 3.05) is 26.2 Å². The van der Waals surface area contributed by atoms with E-state index < -0.39 is 29.3 Å². The highest BCUT2D eigenvalue weighted by Gasteiger charge is 2.46. The van der Waals surface area contributed by atoms with Gasteiger partial charge in [0.05, 0.1) is 17.2 Å². The SMILES string of the molecule is CCN(CC)CCCN1C(=O)C(=O)C(=C(O)c2cc(Br)ccc2O)[C@H]1c1ccc(F)cc1. The molecule has 1 saturated heterocycles. The topological polar surface area (TPSA) is 81.1 Å². The van der Waals surface area contributed by atoms with Gasteiger partial charge in [0, 0.05) is 11.0 Å². The van der Waals surface area contributed by atoms with E-state index in [4.69, 9.17) is 0 Å². The average molecular weight is 505 g/mol. The molecule has 2 N–H and O–H groups in total. The van der Waals surface area contributed by atoms with Crippen LogP contribution in [0.5, 0.6) is 5.75 Å². The van der Waals surface area contributed by atoms with Gasteiger partial charge in [-0.25, -0.2) is 4.39 Å². The van der Waals surface area contributed by atoms with E-state index in [0.29, 0.717) is 23.0 Å².